The first-order valence-corrected chi connectivity index (χ1v) is 14.9. The smallest absolute Gasteiger partial charge is 0.336 e. The fourth-order valence-corrected chi connectivity index (χ4v) is 6.53. The highest BCUT2D eigenvalue weighted by atomic mass is 16.5. The Hall–Kier alpha value is -5.44. The summed E-state index contributed by atoms with van der Waals surface area (Å²) < 4.78 is 5.71. The average molecular weight is 621 g/mol. The molecule has 0 spiro atoms. The Morgan fingerprint density at radius 1 is 0.739 bits per heavy atom. The van der Waals surface area contributed by atoms with Crippen LogP contribution in [0.5, 0.6) is 11.5 Å². The number of carbonyl (C=O) groups is 4. The molecule has 0 heterocycles. The van der Waals surface area contributed by atoms with E-state index in [1.165, 1.54) is 60.0 Å². The van der Waals surface area contributed by atoms with Crippen molar-refractivity contribution in [1.82, 2.24) is 5.32 Å². The van der Waals surface area contributed by atoms with Crippen LogP contribution in [0.25, 0.3) is 0 Å². The number of anilines is 1. The zero-order chi connectivity index (χ0) is 33.4. The molecule has 0 aromatic heterocycles. The number of hydrogen-bond donors (Lipinski definition) is 4. The van der Waals surface area contributed by atoms with Crippen LogP contribution in [0.4, 0.5) is 5.69 Å². The maximum Gasteiger partial charge on any atom is 0.336 e. The lowest BCUT2D eigenvalue weighted by atomic mass is 9.75. The summed E-state index contributed by atoms with van der Waals surface area (Å²) in [4.78, 5) is 48.8. The summed E-state index contributed by atoms with van der Waals surface area (Å²) in [7, 11) is 1.89. The molecule has 4 aromatic rings. The summed E-state index contributed by atoms with van der Waals surface area (Å²) in [6.45, 7) is 8.19. The Kier molecular flexibility index (Phi) is 8.45. The van der Waals surface area contributed by atoms with Crippen LogP contribution >= 0.6 is 0 Å². The minimum absolute atomic E-state index is 0.0259. The van der Waals surface area contributed by atoms with Crippen LogP contribution in [0.2, 0.25) is 0 Å². The number of ketones is 1. The van der Waals surface area contributed by atoms with Crippen molar-refractivity contribution in [2.75, 3.05) is 12.4 Å². The number of fused-ring (bicyclic) bond motifs is 1. The lowest BCUT2D eigenvalue weighted by Crippen LogP contribution is -2.25. The van der Waals surface area contributed by atoms with Crippen LogP contribution in [0.1, 0.15) is 97.8 Å². The number of carboxylic acids is 2. The number of amides is 1. The third kappa shape index (κ3) is 6.08. The third-order valence-electron chi connectivity index (χ3n) is 8.77. The standard InChI is InChI=1S/C37H36N2O7/c1-21(40)27-13-11-25(17-29(27)34(42)43)46-26-12-14-28(30(18-26)35(44)45)33(41)39-19-22-6-15-31-32(16-22)37(4,20-36(31,2)3)23-7-9-24(38-5)10-8-23/h6-18,38H,19-20H2,1-5H3,(H,39,41)(H,42,43)(H,44,45). The van der Waals surface area contributed by atoms with Crippen LogP contribution in [0.3, 0.4) is 0 Å². The normalized spacial score (nSPS) is 16.3. The van der Waals surface area contributed by atoms with E-state index < -0.39 is 23.6 Å². The number of rotatable bonds is 10. The van der Waals surface area contributed by atoms with E-state index in [0.717, 1.165) is 17.7 Å². The molecular formula is C37H36N2O7. The second-order valence-corrected chi connectivity index (χ2v) is 12.5. The third-order valence-corrected chi connectivity index (χ3v) is 8.77. The largest absolute Gasteiger partial charge is 0.478 e. The fourth-order valence-electron chi connectivity index (χ4n) is 6.53. The van der Waals surface area contributed by atoms with Crippen molar-refractivity contribution in [1.29, 1.82) is 0 Å². The highest BCUT2D eigenvalue weighted by Gasteiger charge is 2.45. The molecule has 9 heteroatoms. The van der Waals surface area contributed by atoms with Crippen molar-refractivity contribution < 1.29 is 34.1 Å². The van der Waals surface area contributed by atoms with E-state index in [2.05, 4.69) is 67.8 Å². The predicted octanol–water partition coefficient (Wildman–Crippen LogP) is 7.04. The van der Waals surface area contributed by atoms with Crippen molar-refractivity contribution in [2.24, 2.45) is 0 Å². The molecule has 4 N–H and O–H groups in total. The minimum Gasteiger partial charge on any atom is -0.478 e. The molecule has 1 unspecified atom stereocenters. The van der Waals surface area contributed by atoms with Gasteiger partial charge in [-0.3, -0.25) is 9.59 Å². The Bertz CT molecular complexity index is 1880. The molecule has 0 saturated carbocycles. The molecule has 0 saturated heterocycles. The highest BCUT2D eigenvalue weighted by molar-refractivity contribution is 6.06. The van der Waals surface area contributed by atoms with Gasteiger partial charge in [0.1, 0.15) is 11.5 Å². The summed E-state index contributed by atoms with van der Waals surface area (Å²) in [6, 6.07) is 22.6. The first kappa shape index (κ1) is 32.0. The Morgan fingerprint density at radius 2 is 1.33 bits per heavy atom. The number of ether oxygens (including phenoxy) is 1. The molecule has 0 aliphatic heterocycles. The second kappa shape index (κ2) is 12.2. The highest BCUT2D eigenvalue weighted by Crippen LogP contribution is 2.53. The molecule has 0 radical (unpaired) electrons. The van der Waals surface area contributed by atoms with Crippen LogP contribution in [0.15, 0.2) is 78.9 Å². The van der Waals surface area contributed by atoms with Crippen LogP contribution in [0, 0.1) is 0 Å². The summed E-state index contributed by atoms with van der Waals surface area (Å²) in [5.74, 6) is -3.41. The molecule has 1 aliphatic carbocycles. The number of hydrogen-bond acceptors (Lipinski definition) is 6. The quantitative estimate of drug-likeness (QED) is 0.138. The van der Waals surface area contributed by atoms with Gasteiger partial charge in [0.15, 0.2) is 5.78 Å². The van der Waals surface area contributed by atoms with Gasteiger partial charge in [-0.1, -0.05) is 51.1 Å². The number of benzene rings is 4. The van der Waals surface area contributed by atoms with E-state index >= 15 is 0 Å². The van der Waals surface area contributed by atoms with Gasteiger partial charge in [-0.2, -0.15) is 0 Å². The lowest BCUT2D eigenvalue weighted by Gasteiger charge is -2.29. The zero-order valence-electron chi connectivity index (χ0n) is 26.4. The van der Waals surface area contributed by atoms with Crippen molar-refractivity contribution in [2.45, 2.75) is 51.5 Å². The number of carboxylic acid groups (broad SMARTS) is 2. The van der Waals surface area contributed by atoms with Gasteiger partial charge in [0.2, 0.25) is 0 Å². The van der Waals surface area contributed by atoms with Crippen LogP contribution < -0.4 is 15.4 Å². The Morgan fingerprint density at radius 3 is 1.89 bits per heavy atom. The van der Waals surface area contributed by atoms with E-state index in [1.807, 2.05) is 13.1 Å². The molecule has 9 nitrogen and oxygen atoms in total. The molecule has 1 atom stereocenters. The van der Waals surface area contributed by atoms with Crippen molar-refractivity contribution in [3.63, 3.8) is 0 Å². The first-order valence-electron chi connectivity index (χ1n) is 14.9. The van der Waals surface area contributed by atoms with E-state index in [1.54, 1.807) is 0 Å². The molecule has 0 fully saturated rings. The first-order chi connectivity index (χ1) is 21.7. The molecule has 4 aromatic carbocycles. The van der Waals surface area contributed by atoms with E-state index in [0.29, 0.717) is 0 Å². The summed E-state index contributed by atoms with van der Waals surface area (Å²) in [5.41, 5.74) is 4.81. The monoisotopic (exact) mass is 620 g/mol. The molecule has 5 rings (SSSR count). The van der Waals surface area contributed by atoms with Gasteiger partial charge < -0.3 is 25.6 Å². The SMILES string of the molecule is CNc1ccc(C2(C)CC(C)(C)c3ccc(CNC(=O)c4ccc(Oc5ccc(C(C)=O)c(C(=O)O)c5)cc4C(=O)O)cc32)cc1. The van der Waals surface area contributed by atoms with E-state index in [-0.39, 0.29) is 51.1 Å². The van der Waals surface area contributed by atoms with Gasteiger partial charge in [0, 0.05) is 30.3 Å². The number of aromatic carboxylic acids is 2. The molecule has 1 aliphatic rings. The van der Waals surface area contributed by atoms with Gasteiger partial charge in [-0.05, 0) is 89.5 Å². The van der Waals surface area contributed by atoms with E-state index in [4.69, 9.17) is 4.74 Å². The van der Waals surface area contributed by atoms with Crippen molar-refractivity contribution >= 4 is 29.3 Å². The Labute approximate surface area is 267 Å². The zero-order valence-corrected chi connectivity index (χ0v) is 26.4. The fraction of sp³-hybridized carbons (Fsp3) is 0.243. The summed E-state index contributed by atoms with van der Waals surface area (Å²) >= 11 is 0. The number of carbonyl (C=O) groups excluding carboxylic acids is 2. The second-order valence-electron chi connectivity index (χ2n) is 12.5. The van der Waals surface area contributed by atoms with Gasteiger partial charge >= 0.3 is 11.9 Å². The molecule has 46 heavy (non-hydrogen) atoms. The van der Waals surface area contributed by atoms with Gasteiger partial charge in [0.25, 0.3) is 5.91 Å². The summed E-state index contributed by atoms with van der Waals surface area (Å²) in [5, 5.41) is 25.4. The molecule has 1 amide bonds. The minimum atomic E-state index is -1.33. The van der Waals surface area contributed by atoms with Crippen LogP contribution in [-0.2, 0) is 17.4 Å². The molecule has 0 bridgehead atoms. The topological polar surface area (TPSA) is 142 Å². The maximum absolute atomic E-state index is 13.3. The summed E-state index contributed by atoms with van der Waals surface area (Å²) in [6.07, 6.45) is 0.929. The van der Waals surface area contributed by atoms with Gasteiger partial charge in [0.05, 0.1) is 16.7 Å². The number of nitrogens with one attached hydrogen (secondary N) is 2. The molecular weight excluding hydrogens is 584 g/mol. The van der Waals surface area contributed by atoms with Gasteiger partial charge in [-0.25, -0.2) is 9.59 Å². The van der Waals surface area contributed by atoms with Gasteiger partial charge in [-0.15, -0.1) is 0 Å². The van der Waals surface area contributed by atoms with Crippen molar-refractivity contribution in [3.8, 4) is 11.5 Å². The molecule has 236 valence electrons. The number of Topliss-reactive ketones (excluding diaryl/α,β-unsaturated/α-hetero) is 1. The van der Waals surface area contributed by atoms with Crippen LogP contribution in [-0.4, -0.2) is 40.9 Å². The Balaban J connectivity index is 1.36. The average Bonchev–Trinajstić information content (AvgIpc) is 3.24. The van der Waals surface area contributed by atoms with Crippen molar-refractivity contribution in [3.05, 3.63) is 123 Å². The lowest BCUT2D eigenvalue weighted by molar-refractivity contribution is 0.0683. The predicted molar refractivity (Wildman–Crippen MR) is 175 cm³/mol. The van der Waals surface area contributed by atoms with E-state index in [9.17, 15) is 29.4 Å². The maximum atomic E-state index is 13.3.